The minimum absolute atomic E-state index is 0.00211. The third kappa shape index (κ3) is 3.37. The monoisotopic (exact) mass is 482 g/mol. The van der Waals surface area contributed by atoms with Crippen LogP contribution in [0.3, 0.4) is 0 Å². The van der Waals surface area contributed by atoms with Gasteiger partial charge in [-0.1, -0.05) is 17.7 Å². The molecule has 9 heteroatoms. The quantitative estimate of drug-likeness (QED) is 0.380. The van der Waals surface area contributed by atoms with E-state index in [1.165, 1.54) is 16.2 Å². The molecule has 5 rings (SSSR count). The van der Waals surface area contributed by atoms with E-state index in [1.54, 1.807) is 43.0 Å². The van der Waals surface area contributed by atoms with Crippen molar-refractivity contribution in [2.45, 2.75) is 19.9 Å². The average Bonchev–Trinajstić information content (AvgIpc) is 3.42. The fourth-order valence-corrected chi connectivity index (χ4v) is 4.90. The zero-order valence-corrected chi connectivity index (χ0v) is 19.6. The zero-order valence-electron chi connectivity index (χ0n) is 18.0. The summed E-state index contributed by atoms with van der Waals surface area (Å²) in [6, 6.07) is 7.86. The molecule has 33 heavy (non-hydrogen) atoms. The zero-order chi connectivity index (χ0) is 23.3. The number of hydrogen-bond donors (Lipinski definition) is 0. The number of rotatable bonds is 5. The van der Waals surface area contributed by atoms with E-state index in [2.05, 4.69) is 4.98 Å². The Kier molecular flexibility index (Phi) is 5.34. The van der Waals surface area contributed by atoms with Crippen molar-refractivity contribution in [3.63, 3.8) is 0 Å². The van der Waals surface area contributed by atoms with Crippen molar-refractivity contribution < 1.29 is 18.7 Å². The van der Waals surface area contributed by atoms with Gasteiger partial charge in [-0.25, -0.2) is 4.98 Å². The van der Waals surface area contributed by atoms with Crippen LogP contribution in [0.1, 0.15) is 40.2 Å². The first-order valence-corrected chi connectivity index (χ1v) is 11.5. The van der Waals surface area contributed by atoms with Crippen molar-refractivity contribution in [1.29, 1.82) is 0 Å². The smallest absolute Gasteiger partial charge is 0.297 e. The molecule has 2 aromatic heterocycles. The molecule has 4 aromatic rings. The minimum Gasteiger partial charge on any atom is -0.493 e. The van der Waals surface area contributed by atoms with Gasteiger partial charge in [0.15, 0.2) is 22.1 Å². The molecule has 0 spiro atoms. The first-order valence-electron chi connectivity index (χ1n) is 10.2. The fraction of sp³-hybridized carbons (Fsp3) is 0.208. The molecule has 0 saturated heterocycles. The van der Waals surface area contributed by atoms with Crippen LogP contribution in [0.15, 0.2) is 51.1 Å². The maximum absolute atomic E-state index is 13.7. The molecule has 0 saturated carbocycles. The SMILES string of the molecule is CCOc1ccc(C2c3c(oc4cc(C)c(Cl)cc4c3=O)C(=O)N2c2nccs2)cc1OC. The van der Waals surface area contributed by atoms with Gasteiger partial charge in [-0.15, -0.1) is 11.3 Å². The van der Waals surface area contributed by atoms with Crippen LogP contribution in [0.25, 0.3) is 11.0 Å². The molecule has 0 N–H and O–H groups in total. The first kappa shape index (κ1) is 21.5. The molecular weight excluding hydrogens is 464 g/mol. The number of carbonyl (C=O) groups excluding carboxylic acids is 1. The van der Waals surface area contributed by atoms with Crippen molar-refractivity contribution in [2.75, 3.05) is 18.6 Å². The second-order valence-corrected chi connectivity index (χ2v) is 8.79. The summed E-state index contributed by atoms with van der Waals surface area (Å²) in [5.74, 6) is 0.645. The number of fused-ring (bicyclic) bond motifs is 2. The van der Waals surface area contributed by atoms with Gasteiger partial charge >= 0.3 is 0 Å². The Morgan fingerprint density at radius 2 is 2.03 bits per heavy atom. The number of aromatic nitrogens is 1. The van der Waals surface area contributed by atoms with E-state index in [0.717, 1.165) is 5.56 Å². The number of thiazole rings is 1. The molecule has 0 aliphatic carbocycles. The average molecular weight is 483 g/mol. The van der Waals surface area contributed by atoms with E-state index in [-0.39, 0.29) is 16.8 Å². The fourth-order valence-electron chi connectivity index (χ4n) is 4.07. The van der Waals surface area contributed by atoms with Crippen LogP contribution in [0.2, 0.25) is 5.02 Å². The predicted molar refractivity (Wildman–Crippen MR) is 127 cm³/mol. The number of amides is 1. The highest BCUT2D eigenvalue weighted by molar-refractivity contribution is 7.13. The molecule has 168 valence electrons. The van der Waals surface area contributed by atoms with Crippen LogP contribution < -0.4 is 19.8 Å². The van der Waals surface area contributed by atoms with E-state index in [9.17, 15) is 9.59 Å². The Hall–Kier alpha value is -3.36. The third-order valence-corrected chi connectivity index (χ3v) is 6.76. The van der Waals surface area contributed by atoms with Gasteiger partial charge in [0.1, 0.15) is 5.58 Å². The summed E-state index contributed by atoms with van der Waals surface area (Å²) in [5, 5.41) is 3.01. The van der Waals surface area contributed by atoms with Crippen molar-refractivity contribution in [3.8, 4) is 11.5 Å². The van der Waals surface area contributed by atoms with Crippen molar-refractivity contribution in [3.05, 3.63) is 79.6 Å². The molecule has 1 atom stereocenters. The number of aryl methyl sites for hydroxylation is 1. The predicted octanol–water partition coefficient (Wildman–Crippen LogP) is 5.37. The Bertz CT molecular complexity index is 1450. The number of benzene rings is 2. The normalized spacial score (nSPS) is 15.2. The first-order chi connectivity index (χ1) is 15.9. The summed E-state index contributed by atoms with van der Waals surface area (Å²) in [5.41, 5.74) is 1.68. The number of halogens is 1. The largest absolute Gasteiger partial charge is 0.493 e. The van der Waals surface area contributed by atoms with Crippen LogP contribution >= 0.6 is 22.9 Å². The highest BCUT2D eigenvalue weighted by Gasteiger charge is 2.45. The number of methoxy groups -OCH3 is 1. The van der Waals surface area contributed by atoms with Gasteiger partial charge < -0.3 is 13.9 Å². The van der Waals surface area contributed by atoms with Crippen molar-refractivity contribution in [1.82, 2.24) is 4.98 Å². The van der Waals surface area contributed by atoms with Crippen LogP contribution in [0, 0.1) is 6.92 Å². The number of hydrogen-bond acceptors (Lipinski definition) is 7. The van der Waals surface area contributed by atoms with Crippen molar-refractivity contribution >= 4 is 44.9 Å². The van der Waals surface area contributed by atoms with Gasteiger partial charge in [-0.05, 0) is 49.2 Å². The van der Waals surface area contributed by atoms with Gasteiger partial charge in [0.2, 0.25) is 5.76 Å². The Morgan fingerprint density at radius 3 is 2.73 bits per heavy atom. The van der Waals surface area contributed by atoms with Crippen LogP contribution in [0.4, 0.5) is 5.13 Å². The molecule has 0 radical (unpaired) electrons. The molecule has 1 aliphatic rings. The number of anilines is 1. The molecule has 2 aromatic carbocycles. The van der Waals surface area contributed by atoms with Crippen LogP contribution in [0.5, 0.6) is 11.5 Å². The number of carbonyl (C=O) groups is 1. The van der Waals surface area contributed by atoms with Gasteiger partial charge in [0, 0.05) is 16.6 Å². The second kappa shape index (κ2) is 8.20. The van der Waals surface area contributed by atoms with E-state index >= 15 is 0 Å². The molecule has 1 aliphatic heterocycles. The maximum Gasteiger partial charge on any atom is 0.297 e. The lowest BCUT2D eigenvalue weighted by molar-refractivity contribution is 0.0971. The molecule has 0 fully saturated rings. The summed E-state index contributed by atoms with van der Waals surface area (Å²) in [6.07, 6.45) is 1.61. The third-order valence-electron chi connectivity index (χ3n) is 5.58. The molecule has 7 nitrogen and oxygen atoms in total. The van der Waals surface area contributed by atoms with Crippen LogP contribution in [-0.4, -0.2) is 24.6 Å². The molecule has 0 bridgehead atoms. The van der Waals surface area contributed by atoms with Gasteiger partial charge in [0.05, 0.1) is 30.7 Å². The lowest BCUT2D eigenvalue weighted by Gasteiger charge is -2.23. The van der Waals surface area contributed by atoms with E-state index in [4.69, 9.17) is 25.5 Å². The second-order valence-electron chi connectivity index (χ2n) is 7.51. The highest BCUT2D eigenvalue weighted by atomic mass is 35.5. The van der Waals surface area contributed by atoms with Gasteiger partial charge in [-0.3, -0.25) is 14.5 Å². The van der Waals surface area contributed by atoms with Gasteiger partial charge in [-0.2, -0.15) is 0 Å². The van der Waals surface area contributed by atoms with Crippen molar-refractivity contribution in [2.24, 2.45) is 0 Å². The number of ether oxygens (including phenoxy) is 2. The minimum atomic E-state index is -0.746. The van der Waals surface area contributed by atoms with E-state index in [0.29, 0.717) is 44.8 Å². The van der Waals surface area contributed by atoms with E-state index in [1.807, 2.05) is 19.9 Å². The van der Waals surface area contributed by atoms with E-state index < -0.39 is 11.9 Å². The topological polar surface area (TPSA) is 81.9 Å². The summed E-state index contributed by atoms with van der Waals surface area (Å²) in [4.78, 5) is 33.0. The summed E-state index contributed by atoms with van der Waals surface area (Å²) >= 11 is 7.60. The van der Waals surface area contributed by atoms with Crippen LogP contribution in [-0.2, 0) is 0 Å². The molecule has 3 heterocycles. The number of nitrogens with zero attached hydrogens (tertiary/aromatic N) is 2. The standard InChI is InChI=1S/C24H19ClN2O5S/c1-4-31-16-6-5-13(10-18(16)30-3)20-19-21(28)14-11-15(25)12(2)9-17(14)32-22(19)23(29)27(20)24-26-7-8-33-24/h5-11,20H,4H2,1-3H3. The molecular formula is C24H19ClN2O5S. The maximum atomic E-state index is 13.7. The van der Waals surface area contributed by atoms with Gasteiger partial charge in [0.25, 0.3) is 5.91 Å². The molecule has 1 amide bonds. The Balaban J connectivity index is 1.79. The highest BCUT2D eigenvalue weighted by Crippen LogP contribution is 2.44. The lowest BCUT2D eigenvalue weighted by Crippen LogP contribution is -2.29. The summed E-state index contributed by atoms with van der Waals surface area (Å²) in [7, 11) is 1.54. The Morgan fingerprint density at radius 1 is 1.21 bits per heavy atom. The lowest BCUT2D eigenvalue weighted by atomic mass is 9.98. The summed E-state index contributed by atoms with van der Waals surface area (Å²) in [6.45, 7) is 4.17. The molecule has 1 unspecified atom stereocenters. The summed E-state index contributed by atoms with van der Waals surface area (Å²) < 4.78 is 17.1. The Labute approximate surface area is 198 Å².